The van der Waals surface area contributed by atoms with Crippen LogP contribution in [-0.2, 0) is 17.9 Å². The zero-order valence-electron chi connectivity index (χ0n) is 12.9. The molecule has 112 valence electrons. The Morgan fingerprint density at radius 1 is 1.30 bits per heavy atom. The molecule has 1 N–H and O–H groups in total. The van der Waals surface area contributed by atoms with E-state index in [1.54, 1.807) is 7.11 Å². The molecule has 0 spiro atoms. The van der Waals surface area contributed by atoms with Crippen LogP contribution in [0.5, 0.6) is 5.75 Å². The highest BCUT2D eigenvalue weighted by Crippen LogP contribution is 2.32. The van der Waals surface area contributed by atoms with E-state index < -0.39 is 0 Å². The maximum atomic E-state index is 5.79. The van der Waals surface area contributed by atoms with Gasteiger partial charge in [-0.15, -0.1) is 0 Å². The molecule has 0 unspecified atom stereocenters. The lowest BCUT2D eigenvalue weighted by atomic mass is 10.1. The van der Waals surface area contributed by atoms with Gasteiger partial charge in [0.1, 0.15) is 5.75 Å². The lowest BCUT2D eigenvalue weighted by Crippen LogP contribution is -2.21. The number of rotatable bonds is 9. The second-order valence-electron chi connectivity index (χ2n) is 5.97. The van der Waals surface area contributed by atoms with E-state index in [0.717, 1.165) is 30.4 Å². The molecule has 1 saturated carbocycles. The van der Waals surface area contributed by atoms with Crippen LogP contribution in [0.25, 0.3) is 0 Å². The van der Waals surface area contributed by atoms with Crippen molar-refractivity contribution in [2.75, 3.05) is 13.7 Å². The van der Waals surface area contributed by atoms with Crippen molar-refractivity contribution in [3.05, 3.63) is 29.3 Å². The third kappa shape index (κ3) is 5.14. The molecule has 0 heterocycles. The van der Waals surface area contributed by atoms with Gasteiger partial charge in [0.2, 0.25) is 0 Å². The molecule has 1 aromatic carbocycles. The van der Waals surface area contributed by atoms with Crippen molar-refractivity contribution in [2.45, 2.75) is 52.3 Å². The Hall–Kier alpha value is -1.06. The molecule has 0 saturated heterocycles. The van der Waals surface area contributed by atoms with Crippen molar-refractivity contribution < 1.29 is 9.47 Å². The van der Waals surface area contributed by atoms with Gasteiger partial charge in [-0.05, 0) is 30.0 Å². The van der Waals surface area contributed by atoms with Crippen molar-refractivity contribution in [1.82, 2.24) is 5.32 Å². The number of nitrogens with one attached hydrogen (secondary N) is 1. The van der Waals surface area contributed by atoms with Crippen molar-refractivity contribution in [2.24, 2.45) is 5.92 Å². The molecule has 1 fully saturated rings. The average molecular weight is 277 g/mol. The fraction of sp³-hybridized carbons (Fsp3) is 0.647. The molecule has 20 heavy (non-hydrogen) atoms. The molecule has 0 bridgehead atoms. The van der Waals surface area contributed by atoms with Crippen LogP contribution >= 0.6 is 0 Å². The summed E-state index contributed by atoms with van der Waals surface area (Å²) in [6.07, 6.45) is 3.99. The fourth-order valence-corrected chi connectivity index (χ4v) is 2.22. The van der Waals surface area contributed by atoms with Gasteiger partial charge in [-0.3, -0.25) is 0 Å². The first-order valence-electron chi connectivity index (χ1n) is 7.66. The minimum absolute atomic E-state index is 0.496. The van der Waals surface area contributed by atoms with Crippen LogP contribution in [0.3, 0.4) is 0 Å². The molecule has 3 nitrogen and oxygen atoms in total. The number of hydrogen-bond acceptors (Lipinski definition) is 3. The lowest BCUT2D eigenvalue weighted by molar-refractivity contribution is 0.113. The monoisotopic (exact) mass is 277 g/mol. The quantitative estimate of drug-likeness (QED) is 0.701. The van der Waals surface area contributed by atoms with Crippen LogP contribution in [0.1, 0.15) is 44.2 Å². The standard InChI is InChI=1S/C17H27NO2/c1-13(2)18-11-15-6-7-17(19-3)16(10-15)12-20-9-8-14-4-5-14/h6-7,10,13-14,18H,4-5,8-9,11-12H2,1-3H3. The Kier molecular flexibility index (Phi) is 5.86. The second kappa shape index (κ2) is 7.65. The molecule has 0 atom stereocenters. The second-order valence-corrected chi connectivity index (χ2v) is 5.97. The summed E-state index contributed by atoms with van der Waals surface area (Å²) >= 11 is 0. The topological polar surface area (TPSA) is 30.5 Å². The number of methoxy groups -OCH3 is 1. The highest BCUT2D eigenvalue weighted by molar-refractivity contribution is 5.36. The molecule has 3 heteroatoms. The SMILES string of the molecule is COc1ccc(CNC(C)C)cc1COCCC1CC1. The van der Waals surface area contributed by atoms with Crippen molar-refractivity contribution >= 4 is 0 Å². The zero-order chi connectivity index (χ0) is 14.4. The van der Waals surface area contributed by atoms with Crippen molar-refractivity contribution in [3.8, 4) is 5.75 Å². The minimum atomic E-state index is 0.496. The maximum absolute atomic E-state index is 5.79. The van der Waals surface area contributed by atoms with E-state index in [1.807, 2.05) is 6.07 Å². The zero-order valence-corrected chi connectivity index (χ0v) is 12.9. The van der Waals surface area contributed by atoms with Gasteiger partial charge < -0.3 is 14.8 Å². The molecular formula is C17H27NO2. The summed E-state index contributed by atoms with van der Waals surface area (Å²) < 4.78 is 11.2. The third-order valence-electron chi connectivity index (χ3n) is 3.68. The van der Waals surface area contributed by atoms with Crippen LogP contribution in [0.2, 0.25) is 0 Å². The summed E-state index contributed by atoms with van der Waals surface area (Å²) in [5.74, 6) is 1.85. The number of hydrogen-bond donors (Lipinski definition) is 1. The summed E-state index contributed by atoms with van der Waals surface area (Å²) in [5, 5.41) is 3.44. The van der Waals surface area contributed by atoms with Crippen LogP contribution in [-0.4, -0.2) is 19.8 Å². The van der Waals surface area contributed by atoms with Gasteiger partial charge in [-0.25, -0.2) is 0 Å². The highest BCUT2D eigenvalue weighted by Gasteiger charge is 2.20. The molecule has 0 amide bonds. The number of benzene rings is 1. The van der Waals surface area contributed by atoms with Gasteiger partial charge in [-0.2, -0.15) is 0 Å². The molecule has 1 aliphatic carbocycles. The Labute approximate surface area is 122 Å². The van der Waals surface area contributed by atoms with E-state index in [9.17, 15) is 0 Å². The third-order valence-corrected chi connectivity index (χ3v) is 3.68. The predicted octanol–water partition coefficient (Wildman–Crippen LogP) is 3.51. The summed E-state index contributed by atoms with van der Waals surface area (Å²) in [6, 6.07) is 6.83. The summed E-state index contributed by atoms with van der Waals surface area (Å²) in [5.41, 5.74) is 2.42. The molecule has 2 rings (SSSR count). The van der Waals surface area contributed by atoms with Gasteiger partial charge in [0, 0.05) is 24.8 Å². The largest absolute Gasteiger partial charge is 0.496 e. The molecule has 0 radical (unpaired) electrons. The lowest BCUT2D eigenvalue weighted by Gasteiger charge is -2.13. The van der Waals surface area contributed by atoms with E-state index in [1.165, 1.54) is 24.8 Å². The molecule has 0 aliphatic heterocycles. The Morgan fingerprint density at radius 3 is 2.75 bits per heavy atom. The van der Waals surface area contributed by atoms with Gasteiger partial charge in [0.15, 0.2) is 0 Å². The van der Waals surface area contributed by atoms with E-state index in [4.69, 9.17) is 9.47 Å². The van der Waals surface area contributed by atoms with Gasteiger partial charge in [-0.1, -0.05) is 32.8 Å². The van der Waals surface area contributed by atoms with Gasteiger partial charge in [0.05, 0.1) is 13.7 Å². The van der Waals surface area contributed by atoms with Crippen LogP contribution in [0, 0.1) is 5.92 Å². The smallest absolute Gasteiger partial charge is 0.124 e. The van der Waals surface area contributed by atoms with E-state index >= 15 is 0 Å². The first-order chi connectivity index (χ1) is 9.69. The predicted molar refractivity (Wildman–Crippen MR) is 82.0 cm³/mol. The average Bonchev–Trinajstić information content (AvgIpc) is 3.25. The van der Waals surface area contributed by atoms with E-state index in [-0.39, 0.29) is 0 Å². The summed E-state index contributed by atoms with van der Waals surface area (Å²) in [6.45, 7) is 6.71. The van der Waals surface area contributed by atoms with Crippen LogP contribution < -0.4 is 10.1 Å². The van der Waals surface area contributed by atoms with Gasteiger partial charge in [0.25, 0.3) is 0 Å². The van der Waals surface area contributed by atoms with E-state index in [0.29, 0.717) is 12.6 Å². The van der Waals surface area contributed by atoms with Crippen molar-refractivity contribution in [3.63, 3.8) is 0 Å². The Balaban J connectivity index is 1.87. The summed E-state index contributed by atoms with van der Waals surface area (Å²) in [7, 11) is 1.72. The van der Waals surface area contributed by atoms with E-state index in [2.05, 4.69) is 31.3 Å². The highest BCUT2D eigenvalue weighted by atomic mass is 16.5. The first kappa shape index (κ1) is 15.3. The Morgan fingerprint density at radius 2 is 2.10 bits per heavy atom. The van der Waals surface area contributed by atoms with Crippen LogP contribution in [0.15, 0.2) is 18.2 Å². The fourth-order valence-electron chi connectivity index (χ4n) is 2.22. The van der Waals surface area contributed by atoms with Gasteiger partial charge >= 0.3 is 0 Å². The molecule has 1 aromatic rings. The molecule has 0 aromatic heterocycles. The first-order valence-corrected chi connectivity index (χ1v) is 7.66. The normalized spacial score (nSPS) is 14.8. The Bertz CT molecular complexity index is 413. The molecular weight excluding hydrogens is 250 g/mol. The van der Waals surface area contributed by atoms with Crippen LogP contribution in [0.4, 0.5) is 0 Å². The molecule has 1 aliphatic rings. The van der Waals surface area contributed by atoms with Crippen molar-refractivity contribution in [1.29, 1.82) is 0 Å². The minimum Gasteiger partial charge on any atom is -0.496 e. The maximum Gasteiger partial charge on any atom is 0.124 e. The number of ether oxygens (including phenoxy) is 2. The summed E-state index contributed by atoms with van der Waals surface area (Å²) in [4.78, 5) is 0.